The zero-order valence-electron chi connectivity index (χ0n) is 10.6. The van der Waals surface area contributed by atoms with Gasteiger partial charge in [-0.05, 0) is 35.0 Å². The molecule has 0 saturated carbocycles. The van der Waals surface area contributed by atoms with Crippen molar-refractivity contribution in [1.29, 1.82) is 0 Å². The van der Waals surface area contributed by atoms with Crippen LogP contribution >= 0.6 is 27.5 Å². The largest absolute Gasteiger partial charge is 0.439 e. The second-order valence-corrected chi connectivity index (χ2v) is 5.00. The second-order valence-electron chi connectivity index (χ2n) is 3.76. The van der Waals surface area contributed by atoms with E-state index in [1.165, 1.54) is 12.1 Å². The molecule has 0 bridgehead atoms. The molecule has 4 nitrogen and oxygen atoms in total. The first kappa shape index (κ1) is 15.2. The van der Waals surface area contributed by atoms with E-state index in [-0.39, 0.29) is 17.6 Å². The molecule has 0 aliphatic rings. The minimum atomic E-state index is -0.419. The van der Waals surface area contributed by atoms with Gasteiger partial charge in [0.1, 0.15) is 23.3 Å². The molecule has 0 N–H and O–H groups in total. The van der Waals surface area contributed by atoms with Crippen LogP contribution in [0.15, 0.2) is 28.7 Å². The number of aromatic nitrogens is 2. The van der Waals surface area contributed by atoms with Gasteiger partial charge in [-0.15, -0.1) is 0 Å². The first-order valence-corrected chi connectivity index (χ1v) is 6.99. The first-order chi connectivity index (χ1) is 9.58. The fraction of sp³-hybridized carbons (Fsp3) is 0.231. The Morgan fingerprint density at radius 2 is 2.10 bits per heavy atom. The second kappa shape index (κ2) is 6.97. The Kier molecular flexibility index (Phi) is 5.28. The molecule has 2 aromatic rings. The Morgan fingerprint density at radius 1 is 1.30 bits per heavy atom. The van der Waals surface area contributed by atoms with Gasteiger partial charge in [-0.1, -0.05) is 11.6 Å². The Labute approximate surface area is 129 Å². The lowest BCUT2D eigenvalue weighted by Gasteiger charge is -2.07. The summed E-state index contributed by atoms with van der Waals surface area (Å²) in [5.74, 6) is 0.549. The molecule has 0 fully saturated rings. The average molecular weight is 362 g/mol. The van der Waals surface area contributed by atoms with E-state index in [0.29, 0.717) is 22.7 Å². The highest BCUT2D eigenvalue weighted by atomic mass is 79.9. The van der Waals surface area contributed by atoms with Crippen LogP contribution in [0.25, 0.3) is 0 Å². The average Bonchev–Trinajstić information content (AvgIpc) is 2.40. The maximum atomic E-state index is 13.4. The first-order valence-electron chi connectivity index (χ1n) is 5.82. The summed E-state index contributed by atoms with van der Waals surface area (Å²) in [5, 5.41) is 0.238. The number of nitrogens with zero attached hydrogens (tertiary/aromatic N) is 2. The molecule has 0 aliphatic carbocycles. The van der Waals surface area contributed by atoms with Crippen LogP contribution in [0.5, 0.6) is 11.6 Å². The molecule has 1 aromatic carbocycles. The monoisotopic (exact) mass is 360 g/mol. The maximum Gasteiger partial charge on any atom is 0.224 e. The normalized spacial score (nSPS) is 10.6. The molecule has 0 atom stereocenters. The van der Waals surface area contributed by atoms with Crippen molar-refractivity contribution in [3.05, 3.63) is 45.5 Å². The van der Waals surface area contributed by atoms with Gasteiger partial charge in [-0.2, -0.15) is 4.98 Å². The number of ether oxygens (including phenoxy) is 2. The van der Waals surface area contributed by atoms with Crippen LogP contribution in [-0.2, 0) is 11.3 Å². The molecule has 0 saturated heterocycles. The standard InChI is InChI=1S/C13H11BrClFN2O2/c1-2-19-7-12-17-11(15)6-13(18-12)20-8-3-4-9(14)10(16)5-8/h3-6H,2,7H2,1H3. The summed E-state index contributed by atoms with van der Waals surface area (Å²) in [5.41, 5.74) is 0. The van der Waals surface area contributed by atoms with Crippen LogP contribution < -0.4 is 4.74 Å². The minimum Gasteiger partial charge on any atom is -0.439 e. The topological polar surface area (TPSA) is 44.2 Å². The van der Waals surface area contributed by atoms with Crippen LogP contribution in [0.4, 0.5) is 4.39 Å². The summed E-state index contributed by atoms with van der Waals surface area (Å²) < 4.78 is 24.4. The van der Waals surface area contributed by atoms with Gasteiger partial charge in [0, 0.05) is 18.7 Å². The molecule has 1 heterocycles. The summed E-state index contributed by atoms with van der Waals surface area (Å²) in [6.45, 7) is 2.65. The van der Waals surface area contributed by atoms with Crippen LogP contribution in [0.1, 0.15) is 12.7 Å². The lowest BCUT2D eigenvalue weighted by atomic mass is 10.3. The van der Waals surface area contributed by atoms with Gasteiger partial charge in [0.25, 0.3) is 0 Å². The van der Waals surface area contributed by atoms with E-state index < -0.39 is 5.82 Å². The van der Waals surface area contributed by atoms with Crippen LogP contribution in [0.3, 0.4) is 0 Å². The predicted molar refractivity (Wildman–Crippen MR) is 76.5 cm³/mol. The summed E-state index contributed by atoms with van der Waals surface area (Å²) >= 11 is 8.96. The fourth-order valence-corrected chi connectivity index (χ4v) is 1.85. The van der Waals surface area contributed by atoms with E-state index in [1.807, 2.05) is 6.92 Å². The highest BCUT2D eigenvalue weighted by Gasteiger charge is 2.07. The van der Waals surface area contributed by atoms with E-state index in [1.54, 1.807) is 12.1 Å². The fourth-order valence-electron chi connectivity index (χ4n) is 1.41. The number of benzene rings is 1. The van der Waals surface area contributed by atoms with Crippen molar-refractivity contribution >= 4 is 27.5 Å². The van der Waals surface area contributed by atoms with Gasteiger partial charge in [0.15, 0.2) is 5.82 Å². The van der Waals surface area contributed by atoms with Gasteiger partial charge in [0.2, 0.25) is 5.88 Å². The van der Waals surface area contributed by atoms with E-state index >= 15 is 0 Å². The zero-order chi connectivity index (χ0) is 14.5. The molecule has 20 heavy (non-hydrogen) atoms. The summed E-state index contributed by atoms with van der Waals surface area (Å²) in [4.78, 5) is 8.15. The van der Waals surface area contributed by atoms with Gasteiger partial charge in [0.05, 0.1) is 4.47 Å². The predicted octanol–water partition coefficient (Wildman–Crippen LogP) is 4.36. The molecule has 106 valence electrons. The summed E-state index contributed by atoms with van der Waals surface area (Å²) in [6.07, 6.45) is 0. The van der Waals surface area contributed by atoms with Crippen molar-refractivity contribution < 1.29 is 13.9 Å². The van der Waals surface area contributed by atoms with Crippen LogP contribution in [0.2, 0.25) is 5.15 Å². The Hall–Kier alpha value is -1.24. The quantitative estimate of drug-likeness (QED) is 0.742. The Bertz CT molecular complexity index is 613. The highest BCUT2D eigenvalue weighted by molar-refractivity contribution is 9.10. The third-order valence-electron chi connectivity index (χ3n) is 2.27. The van der Waals surface area contributed by atoms with E-state index in [9.17, 15) is 4.39 Å². The molecule has 2 rings (SSSR count). The number of hydrogen-bond acceptors (Lipinski definition) is 4. The molecule has 0 spiro atoms. The van der Waals surface area contributed by atoms with E-state index in [4.69, 9.17) is 21.1 Å². The number of rotatable bonds is 5. The van der Waals surface area contributed by atoms with Crippen molar-refractivity contribution in [2.75, 3.05) is 6.61 Å². The van der Waals surface area contributed by atoms with Crippen molar-refractivity contribution in [2.45, 2.75) is 13.5 Å². The summed E-state index contributed by atoms with van der Waals surface area (Å²) in [7, 11) is 0. The zero-order valence-corrected chi connectivity index (χ0v) is 12.9. The smallest absolute Gasteiger partial charge is 0.224 e. The van der Waals surface area contributed by atoms with Gasteiger partial charge in [-0.3, -0.25) is 0 Å². The van der Waals surface area contributed by atoms with Crippen LogP contribution in [0, 0.1) is 5.82 Å². The molecule has 0 unspecified atom stereocenters. The van der Waals surface area contributed by atoms with Crippen molar-refractivity contribution in [2.24, 2.45) is 0 Å². The van der Waals surface area contributed by atoms with Crippen molar-refractivity contribution in [3.63, 3.8) is 0 Å². The molecular weight excluding hydrogens is 351 g/mol. The molecular formula is C13H11BrClFN2O2. The van der Waals surface area contributed by atoms with Gasteiger partial charge in [-0.25, -0.2) is 9.37 Å². The Morgan fingerprint density at radius 3 is 2.80 bits per heavy atom. The maximum absolute atomic E-state index is 13.4. The van der Waals surface area contributed by atoms with Crippen molar-refractivity contribution in [3.8, 4) is 11.6 Å². The molecule has 0 aliphatic heterocycles. The molecule has 0 radical (unpaired) electrons. The van der Waals surface area contributed by atoms with E-state index in [0.717, 1.165) is 0 Å². The van der Waals surface area contributed by atoms with Crippen molar-refractivity contribution in [1.82, 2.24) is 9.97 Å². The molecule has 1 aromatic heterocycles. The molecule has 0 amide bonds. The van der Waals surface area contributed by atoms with Gasteiger partial charge < -0.3 is 9.47 Å². The molecule has 7 heteroatoms. The van der Waals surface area contributed by atoms with Crippen LogP contribution in [-0.4, -0.2) is 16.6 Å². The Balaban J connectivity index is 2.19. The third-order valence-corrected chi connectivity index (χ3v) is 3.10. The lowest BCUT2D eigenvalue weighted by molar-refractivity contribution is 0.128. The highest BCUT2D eigenvalue weighted by Crippen LogP contribution is 2.25. The SMILES string of the molecule is CCOCc1nc(Cl)cc(Oc2ccc(Br)c(F)c2)n1. The minimum absolute atomic E-state index is 0.237. The lowest BCUT2D eigenvalue weighted by Crippen LogP contribution is -2.01. The summed E-state index contributed by atoms with van der Waals surface area (Å²) in [6, 6.07) is 5.87. The van der Waals surface area contributed by atoms with E-state index in [2.05, 4.69) is 25.9 Å². The number of halogens is 3. The third kappa shape index (κ3) is 4.13. The number of hydrogen-bond donors (Lipinski definition) is 0. The van der Waals surface area contributed by atoms with Gasteiger partial charge >= 0.3 is 0 Å².